The molecule has 1 aliphatic heterocycles. The molecule has 12 heteroatoms. The molecule has 0 unspecified atom stereocenters. The molecule has 0 atom stereocenters. The number of benzene rings is 1. The number of nitrogens with zero attached hydrogens (tertiary/aromatic N) is 2. The van der Waals surface area contributed by atoms with E-state index in [0.29, 0.717) is 42.8 Å². The summed E-state index contributed by atoms with van der Waals surface area (Å²) in [5, 5.41) is 4.91. The number of thioether (sulfide) groups is 1. The second kappa shape index (κ2) is 9.67. The second-order valence-electron chi connectivity index (χ2n) is 6.10. The van der Waals surface area contributed by atoms with Crippen molar-refractivity contribution < 1.29 is 22.7 Å². The molecule has 2 heterocycles. The van der Waals surface area contributed by atoms with Gasteiger partial charge in [-0.2, -0.15) is 4.31 Å². The van der Waals surface area contributed by atoms with Crippen molar-refractivity contribution in [1.82, 2.24) is 9.29 Å². The van der Waals surface area contributed by atoms with Crippen LogP contribution in [0, 0.1) is 0 Å². The van der Waals surface area contributed by atoms with Gasteiger partial charge in [-0.3, -0.25) is 14.9 Å². The maximum Gasteiger partial charge on any atom is 0.257 e. The number of ether oxygens (including phenoxy) is 1. The molecular formula is C17H20N4O5S3. The zero-order valence-corrected chi connectivity index (χ0v) is 17.8. The number of carbonyl (C=O) groups is 2. The van der Waals surface area contributed by atoms with Gasteiger partial charge in [-0.05, 0) is 24.3 Å². The summed E-state index contributed by atoms with van der Waals surface area (Å²) >= 11 is 2.62. The van der Waals surface area contributed by atoms with Crippen molar-refractivity contribution in [3.63, 3.8) is 0 Å². The molecule has 0 spiro atoms. The zero-order chi connectivity index (χ0) is 20.9. The van der Waals surface area contributed by atoms with Gasteiger partial charge in [0.25, 0.3) is 5.91 Å². The highest BCUT2D eigenvalue weighted by atomic mass is 32.2. The molecule has 0 aliphatic carbocycles. The Kier molecular flexibility index (Phi) is 7.24. The van der Waals surface area contributed by atoms with Gasteiger partial charge >= 0.3 is 0 Å². The van der Waals surface area contributed by atoms with Gasteiger partial charge in [0.1, 0.15) is 0 Å². The number of amides is 2. The van der Waals surface area contributed by atoms with E-state index in [4.69, 9.17) is 10.5 Å². The van der Waals surface area contributed by atoms with Crippen molar-refractivity contribution in [2.75, 3.05) is 37.4 Å². The highest BCUT2D eigenvalue weighted by molar-refractivity contribution is 7.99. The lowest BCUT2D eigenvalue weighted by molar-refractivity contribution is -0.115. The van der Waals surface area contributed by atoms with Crippen LogP contribution in [0.4, 0.5) is 5.13 Å². The highest BCUT2D eigenvalue weighted by Crippen LogP contribution is 2.21. The standard InChI is InChI=1S/C17H20N4O5S3/c18-15(22)11-27-9-13-10-28-17(19-13)20-16(23)12-1-3-14(4-2-12)29(24,25)21-5-7-26-8-6-21/h1-4,10H,5-9,11H2,(H2,18,22)(H,19,20,23). The molecule has 156 valence electrons. The Morgan fingerprint density at radius 1 is 1.24 bits per heavy atom. The van der Waals surface area contributed by atoms with Crippen LogP contribution in [0.5, 0.6) is 0 Å². The Labute approximate surface area is 176 Å². The normalized spacial score (nSPS) is 15.2. The number of rotatable bonds is 8. The fourth-order valence-electron chi connectivity index (χ4n) is 2.57. The lowest BCUT2D eigenvalue weighted by Crippen LogP contribution is -2.40. The number of hydrogen-bond donors (Lipinski definition) is 2. The summed E-state index contributed by atoms with van der Waals surface area (Å²) in [4.78, 5) is 27.6. The molecule has 0 radical (unpaired) electrons. The van der Waals surface area contributed by atoms with Crippen molar-refractivity contribution in [3.05, 3.63) is 40.9 Å². The monoisotopic (exact) mass is 456 g/mol. The average Bonchev–Trinajstić information content (AvgIpc) is 3.15. The van der Waals surface area contributed by atoms with E-state index < -0.39 is 15.9 Å². The first-order chi connectivity index (χ1) is 13.9. The summed E-state index contributed by atoms with van der Waals surface area (Å²) in [6.45, 7) is 1.37. The fraction of sp³-hybridized carbons (Fsp3) is 0.353. The number of morpholine rings is 1. The SMILES string of the molecule is NC(=O)CSCc1csc(NC(=O)c2ccc(S(=O)(=O)N3CCOCC3)cc2)n1. The predicted molar refractivity (Wildman–Crippen MR) is 111 cm³/mol. The van der Waals surface area contributed by atoms with E-state index >= 15 is 0 Å². The number of anilines is 1. The molecule has 2 amide bonds. The van der Waals surface area contributed by atoms with Gasteiger partial charge in [0.2, 0.25) is 15.9 Å². The van der Waals surface area contributed by atoms with Crippen LogP contribution >= 0.6 is 23.1 Å². The molecule has 1 aliphatic rings. The second-order valence-corrected chi connectivity index (χ2v) is 9.88. The van der Waals surface area contributed by atoms with Crippen molar-refractivity contribution in [3.8, 4) is 0 Å². The van der Waals surface area contributed by atoms with Gasteiger partial charge in [0.15, 0.2) is 5.13 Å². The largest absolute Gasteiger partial charge is 0.379 e. The topological polar surface area (TPSA) is 132 Å². The van der Waals surface area contributed by atoms with Crippen molar-refractivity contribution in [2.45, 2.75) is 10.6 Å². The van der Waals surface area contributed by atoms with Crippen molar-refractivity contribution in [1.29, 1.82) is 0 Å². The summed E-state index contributed by atoms with van der Waals surface area (Å²) in [6.07, 6.45) is 0. The van der Waals surface area contributed by atoms with E-state index in [1.165, 1.54) is 51.7 Å². The minimum atomic E-state index is -3.60. The Balaban J connectivity index is 1.60. The Bertz CT molecular complexity index is 969. The first-order valence-electron chi connectivity index (χ1n) is 8.66. The van der Waals surface area contributed by atoms with E-state index in [0.717, 1.165) is 5.69 Å². The molecule has 1 aromatic heterocycles. The number of carbonyl (C=O) groups excluding carboxylic acids is 2. The van der Waals surface area contributed by atoms with Crippen LogP contribution in [0.25, 0.3) is 0 Å². The number of thiazole rings is 1. The van der Waals surface area contributed by atoms with Crippen LogP contribution in [-0.4, -0.2) is 61.6 Å². The summed E-state index contributed by atoms with van der Waals surface area (Å²) < 4.78 is 31.8. The number of hydrogen-bond acceptors (Lipinski definition) is 8. The number of primary amides is 1. The number of aromatic nitrogens is 1. The third-order valence-corrected chi connectivity index (χ3v) is 7.70. The third-order valence-electron chi connectivity index (χ3n) is 3.99. The Hall–Kier alpha value is -1.99. The molecule has 9 nitrogen and oxygen atoms in total. The Morgan fingerprint density at radius 3 is 2.59 bits per heavy atom. The maximum absolute atomic E-state index is 12.6. The molecule has 3 N–H and O–H groups in total. The van der Waals surface area contributed by atoms with E-state index in [2.05, 4.69) is 10.3 Å². The smallest absolute Gasteiger partial charge is 0.257 e. The highest BCUT2D eigenvalue weighted by Gasteiger charge is 2.26. The fourth-order valence-corrected chi connectivity index (χ4v) is 5.45. The third kappa shape index (κ3) is 5.76. The summed E-state index contributed by atoms with van der Waals surface area (Å²) in [6, 6.07) is 5.79. The van der Waals surface area contributed by atoms with Crippen molar-refractivity contribution >= 4 is 50.1 Å². The zero-order valence-electron chi connectivity index (χ0n) is 15.4. The lowest BCUT2D eigenvalue weighted by atomic mass is 10.2. The van der Waals surface area contributed by atoms with Crippen LogP contribution in [-0.2, 0) is 25.3 Å². The van der Waals surface area contributed by atoms with Gasteiger partial charge in [-0.15, -0.1) is 23.1 Å². The first-order valence-corrected chi connectivity index (χ1v) is 12.1. The van der Waals surface area contributed by atoms with E-state index in [9.17, 15) is 18.0 Å². The van der Waals surface area contributed by atoms with Gasteiger partial charge in [-0.25, -0.2) is 13.4 Å². The average molecular weight is 457 g/mol. The molecule has 1 aromatic carbocycles. The van der Waals surface area contributed by atoms with Crippen LogP contribution in [0.1, 0.15) is 16.1 Å². The van der Waals surface area contributed by atoms with E-state index in [1.54, 1.807) is 5.38 Å². The summed E-state index contributed by atoms with van der Waals surface area (Å²) in [5.41, 5.74) is 6.16. The molecule has 0 saturated carbocycles. The summed E-state index contributed by atoms with van der Waals surface area (Å²) in [5.74, 6) is -0.0497. The molecule has 1 fully saturated rings. The number of nitrogens with two attached hydrogens (primary N) is 1. The van der Waals surface area contributed by atoms with Crippen LogP contribution in [0.15, 0.2) is 34.5 Å². The van der Waals surface area contributed by atoms with Gasteiger partial charge < -0.3 is 10.5 Å². The molecule has 1 saturated heterocycles. The van der Waals surface area contributed by atoms with Gasteiger partial charge in [-0.1, -0.05) is 0 Å². The number of sulfonamides is 1. The quantitative estimate of drug-likeness (QED) is 0.609. The molecule has 3 rings (SSSR count). The molecule has 29 heavy (non-hydrogen) atoms. The van der Waals surface area contributed by atoms with Gasteiger partial charge in [0, 0.05) is 29.8 Å². The minimum Gasteiger partial charge on any atom is -0.379 e. The van der Waals surface area contributed by atoms with Crippen LogP contribution in [0.2, 0.25) is 0 Å². The summed E-state index contributed by atoms with van der Waals surface area (Å²) in [7, 11) is -3.60. The predicted octanol–water partition coefficient (Wildman–Crippen LogP) is 1.13. The minimum absolute atomic E-state index is 0.138. The molecular weight excluding hydrogens is 436 g/mol. The van der Waals surface area contributed by atoms with Crippen LogP contribution in [0.3, 0.4) is 0 Å². The lowest BCUT2D eigenvalue weighted by Gasteiger charge is -2.26. The number of nitrogens with one attached hydrogen (secondary N) is 1. The first kappa shape index (κ1) is 21.7. The molecule has 2 aromatic rings. The van der Waals surface area contributed by atoms with E-state index in [1.807, 2.05) is 0 Å². The molecule has 0 bridgehead atoms. The van der Waals surface area contributed by atoms with Crippen molar-refractivity contribution in [2.24, 2.45) is 5.73 Å². The Morgan fingerprint density at radius 2 is 1.93 bits per heavy atom. The van der Waals surface area contributed by atoms with Crippen LogP contribution < -0.4 is 11.1 Å². The van der Waals surface area contributed by atoms with E-state index in [-0.39, 0.29) is 16.6 Å². The maximum atomic E-state index is 12.6. The van der Waals surface area contributed by atoms with Gasteiger partial charge in [0.05, 0.1) is 29.6 Å².